The van der Waals surface area contributed by atoms with Crippen molar-refractivity contribution >= 4 is 17.7 Å². The highest BCUT2D eigenvalue weighted by Gasteiger charge is 2.44. The molecule has 1 aromatic rings. The van der Waals surface area contributed by atoms with Gasteiger partial charge in [-0.25, -0.2) is 9.59 Å². The number of aryl methyl sites for hydroxylation is 3. The molecule has 1 aromatic carbocycles. The van der Waals surface area contributed by atoms with Gasteiger partial charge in [0.25, 0.3) is 0 Å². The first kappa shape index (κ1) is 21.3. The van der Waals surface area contributed by atoms with E-state index in [2.05, 4.69) is 0 Å². The third-order valence-electron chi connectivity index (χ3n) is 5.51. The Morgan fingerprint density at radius 2 is 1.79 bits per heavy atom. The van der Waals surface area contributed by atoms with Gasteiger partial charge in [-0.2, -0.15) is 5.06 Å². The van der Waals surface area contributed by atoms with E-state index in [1.165, 1.54) is 0 Å². The molecule has 0 spiro atoms. The Morgan fingerprint density at radius 1 is 1.17 bits per heavy atom. The van der Waals surface area contributed by atoms with Crippen molar-refractivity contribution in [1.29, 1.82) is 0 Å². The van der Waals surface area contributed by atoms with E-state index in [0.29, 0.717) is 5.57 Å². The lowest BCUT2D eigenvalue weighted by Crippen LogP contribution is -2.38. The molecule has 1 unspecified atom stereocenters. The molecule has 0 aromatic heterocycles. The molecule has 3 rings (SSSR count). The SMILES string of the molecule is CCOC(=O)OC1=C(c2c(C)cc(C)cc2C)C(=O)OC1C1CCN(OC)CC1. The maximum atomic E-state index is 12.9. The van der Waals surface area contributed by atoms with E-state index >= 15 is 0 Å². The highest BCUT2D eigenvalue weighted by molar-refractivity contribution is 6.20. The van der Waals surface area contributed by atoms with E-state index in [1.54, 1.807) is 14.0 Å². The summed E-state index contributed by atoms with van der Waals surface area (Å²) in [6.07, 6.45) is 0.0994. The Balaban J connectivity index is 2.02. The molecule has 1 fully saturated rings. The van der Waals surface area contributed by atoms with E-state index in [9.17, 15) is 9.59 Å². The summed E-state index contributed by atoms with van der Waals surface area (Å²) in [6, 6.07) is 4.02. The summed E-state index contributed by atoms with van der Waals surface area (Å²) in [5, 5.41) is 1.87. The van der Waals surface area contributed by atoms with Gasteiger partial charge in [-0.3, -0.25) is 0 Å². The molecular formula is C22H29NO6. The molecular weight excluding hydrogens is 374 g/mol. The van der Waals surface area contributed by atoms with Gasteiger partial charge in [0, 0.05) is 19.0 Å². The van der Waals surface area contributed by atoms with Gasteiger partial charge < -0.3 is 19.0 Å². The largest absolute Gasteiger partial charge is 0.513 e. The van der Waals surface area contributed by atoms with E-state index < -0.39 is 18.2 Å². The van der Waals surface area contributed by atoms with Gasteiger partial charge in [-0.1, -0.05) is 17.7 Å². The Bertz CT molecular complexity index is 800. The zero-order valence-corrected chi connectivity index (χ0v) is 17.7. The van der Waals surface area contributed by atoms with Crippen molar-refractivity contribution in [2.45, 2.75) is 46.6 Å². The minimum Gasteiger partial charge on any atom is -0.450 e. The summed E-state index contributed by atoms with van der Waals surface area (Å²) in [7, 11) is 1.65. The van der Waals surface area contributed by atoms with Crippen molar-refractivity contribution in [2.75, 3.05) is 26.8 Å². The van der Waals surface area contributed by atoms with Crippen molar-refractivity contribution in [1.82, 2.24) is 5.06 Å². The molecule has 1 saturated heterocycles. The predicted octanol–water partition coefficient (Wildman–Crippen LogP) is 3.69. The summed E-state index contributed by atoms with van der Waals surface area (Å²) in [5.74, 6) is -0.156. The number of nitrogens with zero attached hydrogens (tertiary/aromatic N) is 1. The van der Waals surface area contributed by atoms with Crippen LogP contribution in [-0.2, 0) is 23.8 Å². The quantitative estimate of drug-likeness (QED) is 0.694. The number of cyclic esters (lactones) is 1. The molecule has 158 valence electrons. The average molecular weight is 403 g/mol. The number of benzene rings is 1. The molecule has 2 aliphatic rings. The standard InChI is InChI=1S/C22H29NO6/c1-6-27-22(25)29-20-18(17-14(3)11-13(2)12-15(17)4)21(24)28-19(20)16-7-9-23(26-5)10-8-16/h11-12,16,19H,6-10H2,1-5H3. The summed E-state index contributed by atoms with van der Waals surface area (Å²) in [5.41, 5.74) is 4.07. The summed E-state index contributed by atoms with van der Waals surface area (Å²) in [6.45, 7) is 9.24. The molecule has 0 bridgehead atoms. The monoisotopic (exact) mass is 403 g/mol. The molecule has 2 aliphatic heterocycles. The number of hydrogen-bond acceptors (Lipinski definition) is 7. The van der Waals surface area contributed by atoms with E-state index in [-0.39, 0.29) is 18.3 Å². The molecule has 0 aliphatic carbocycles. The Morgan fingerprint density at radius 3 is 2.34 bits per heavy atom. The maximum Gasteiger partial charge on any atom is 0.513 e. The number of hydrogen-bond donors (Lipinski definition) is 0. The number of rotatable bonds is 5. The number of ether oxygens (including phenoxy) is 3. The molecule has 7 heteroatoms. The van der Waals surface area contributed by atoms with Crippen LogP contribution in [0.5, 0.6) is 0 Å². The predicted molar refractivity (Wildman–Crippen MR) is 107 cm³/mol. The second-order valence-electron chi connectivity index (χ2n) is 7.57. The Kier molecular flexibility index (Phi) is 6.59. The zero-order valence-electron chi connectivity index (χ0n) is 17.7. The number of carbonyl (C=O) groups excluding carboxylic acids is 2. The Hall–Kier alpha value is -2.38. The molecule has 7 nitrogen and oxygen atoms in total. The van der Waals surface area contributed by atoms with Crippen LogP contribution in [0.2, 0.25) is 0 Å². The van der Waals surface area contributed by atoms with Gasteiger partial charge in [-0.15, -0.1) is 0 Å². The van der Waals surface area contributed by atoms with Crippen LogP contribution in [0.4, 0.5) is 4.79 Å². The lowest BCUT2D eigenvalue weighted by Gasteiger charge is -2.32. The first-order valence-electron chi connectivity index (χ1n) is 10.0. The zero-order chi connectivity index (χ0) is 21.1. The van der Waals surface area contributed by atoms with Crippen molar-refractivity contribution < 1.29 is 28.6 Å². The number of hydroxylamine groups is 2. The summed E-state index contributed by atoms with van der Waals surface area (Å²) < 4.78 is 16.3. The van der Waals surface area contributed by atoms with Crippen LogP contribution in [-0.4, -0.2) is 50.1 Å². The molecule has 2 heterocycles. The summed E-state index contributed by atoms with van der Waals surface area (Å²) >= 11 is 0. The van der Waals surface area contributed by atoms with Crippen LogP contribution >= 0.6 is 0 Å². The fourth-order valence-corrected chi connectivity index (χ4v) is 4.29. The molecule has 1 atom stereocenters. The van der Waals surface area contributed by atoms with Crippen LogP contribution in [0.15, 0.2) is 17.9 Å². The highest BCUT2D eigenvalue weighted by atomic mass is 16.7. The van der Waals surface area contributed by atoms with Crippen LogP contribution in [0.3, 0.4) is 0 Å². The van der Waals surface area contributed by atoms with Crippen molar-refractivity contribution in [3.8, 4) is 0 Å². The summed E-state index contributed by atoms with van der Waals surface area (Å²) in [4.78, 5) is 30.4. The fraction of sp³-hybridized carbons (Fsp3) is 0.545. The van der Waals surface area contributed by atoms with Crippen LogP contribution < -0.4 is 0 Å². The van der Waals surface area contributed by atoms with Crippen molar-refractivity contribution in [3.63, 3.8) is 0 Å². The molecule has 0 saturated carbocycles. The second kappa shape index (κ2) is 8.97. The molecule has 0 radical (unpaired) electrons. The van der Waals surface area contributed by atoms with Crippen molar-refractivity contribution in [3.05, 3.63) is 40.1 Å². The number of piperidine rings is 1. The van der Waals surface area contributed by atoms with Gasteiger partial charge in [0.1, 0.15) is 5.57 Å². The van der Waals surface area contributed by atoms with Crippen molar-refractivity contribution in [2.24, 2.45) is 5.92 Å². The van der Waals surface area contributed by atoms with Gasteiger partial charge in [0.05, 0.1) is 13.7 Å². The van der Waals surface area contributed by atoms with Crippen LogP contribution in [0.25, 0.3) is 5.57 Å². The van der Waals surface area contributed by atoms with Gasteiger partial charge in [0.2, 0.25) is 0 Å². The third-order valence-corrected chi connectivity index (χ3v) is 5.51. The average Bonchev–Trinajstić information content (AvgIpc) is 2.97. The second-order valence-corrected chi connectivity index (χ2v) is 7.57. The highest BCUT2D eigenvalue weighted by Crippen LogP contribution is 2.40. The maximum absolute atomic E-state index is 12.9. The van der Waals surface area contributed by atoms with Gasteiger partial charge >= 0.3 is 12.1 Å². The van der Waals surface area contributed by atoms with E-state index in [4.69, 9.17) is 19.0 Å². The topological polar surface area (TPSA) is 74.3 Å². The molecule has 0 amide bonds. The van der Waals surface area contributed by atoms with E-state index in [0.717, 1.165) is 48.2 Å². The van der Waals surface area contributed by atoms with Gasteiger partial charge in [-0.05, 0) is 57.2 Å². The lowest BCUT2D eigenvalue weighted by atomic mass is 9.88. The number of carbonyl (C=O) groups is 2. The lowest BCUT2D eigenvalue weighted by molar-refractivity contribution is -0.159. The first-order chi connectivity index (χ1) is 13.8. The number of esters is 1. The van der Waals surface area contributed by atoms with Gasteiger partial charge in [0.15, 0.2) is 11.9 Å². The normalized spacial score (nSPS) is 20.7. The van der Waals surface area contributed by atoms with Crippen LogP contribution in [0, 0.1) is 26.7 Å². The molecule has 0 N–H and O–H groups in total. The fourth-order valence-electron chi connectivity index (χ4n) is 4.29. The minimum atomic E-state index is -0.819. The smallest absolute Gasteiger partial charge is 0.450 e. The third kappa shape index (κ3) is 4.46. The Labute approximate surface area is 171 Å². The molecule has 29 heavy (non-hydrogen) atoms. The van der Waals surface area contributed by atoms with Crippen LogP contribution in [0.1, 0.15) is 42.0 Å². The van der Waals surface area contributed by atoms with E-state index in [1.807, 2.05) is 38.0 Å². The first-order valence-corrected chi connectivity index (χ1v) is 10.0. The minimum absolute atomic E-state index is 0.0401.